The third-order valence-electron chi connectivity index (χ3n) is 4.74. The second kappa shape index (κ2) is 6.06. The van der Waals surface area contributed by atoms with Crippen molar-refractivity contribution in [2.45, 2.75) is 31.1 Å². The maximum absolute atomic E-state index is 13.2. The molecule has 20 heavy (non-hydrogen) atoms. The molecule has 3 heteroatoms. The van der Waals surface area contributed by atoms with E-state index in [1.807, 2.05) is 18.2 Å². The molecule has 1 aromatic carbocycles. The Morgan fingerprint density at radius 1 is 0.950 bits per heavy atom. The van der Waals surface area contributed by atoms with Crippen molar-refractivity contribution in [3.8, 4) is 0 Å². The molecule has 0 unspecified atom stereocenters. The number of carbonyl (C=O) groups excluding carboxylic acids is 1. The van der Waals surface area contributed by atoms with E-state index in [-0.39, 0.29) is 11.3 Å². The van der Waals surface area contributed by atoms with Crippen molar-refractivity contribution in [1.29, 1.82) is 0 Å². The van der Waals surface area contributed by atoms with Crippen LogP contribution >= 0.6 is 0 Å². The van der Waals surface area contributed by atoms with E-state index in [9.17, 15) is 4.79 Å². The fourth-order valence-electron chi connectivity index (χ4n) is 3.50. The molecule has 2 aliphatic rings. The maximum atomic E-state index is 13.2. The van der Waals surface area contributed by atoms with Crippen LogP contribution in [0.25, 0.3) is 0 Å². The predicted octanol–water partition coefficient (Wildman–Crippen LogP) is 2.73. The molecule has 0 spiro atoms. The number of Topliss-reactive ketones (excluding diaryl/α,β-unsaturated/α-hetero) is 1. The molecule has 2 fully saturated rings. The average molecular weight is 274 g/mol. The van der Waals surface area contributed by atoms with Crippen molar-refractivity contribution >= 4 is 5.78 Å². The van der Waals surface area contributed by atoms with Gasteiger partial charge in [-0.2, -0.15) is 0 Å². The van der Waals surface area contributed by atoms with Crippen molar-refractivity contribution in [3.63, 3.8) is 0 Å². The minimum atomic E-state index is -0.332. The van der Waals surface area contributed by atoms with E-state index in [0.29, 0.717) is 19.0 Å². The summed E-state index contributed by atoms with van der Waals surface area (Å²) in [6.07, 6.45) is 3.36. The molecule has 0 amide bonds. The average Bonchev–Trinajstić information content (AvgIpc) is 2.56. The van der Waals surface area contributed by atoms with E-state index in [2.05, 4.69) is 12.1 Å². The van der Waals surface area contributed by atoms with Crippen molar-refractivity contribution < 1.29 is 14.3 Å². The van der Waals surface area contributed by atoms with Gasteiger partial charge in [-0.3, -0.25) is 4.79 Å². The lowest BCUT2D eigenvalue weighted by molar-refractivity contribution is -0.135. The first-order chi connectivity index (χ1) is 9.83. The fourth-order valence-corrected chi connectivity index (χ4v) is 3.50. The molecule has 0 N–H and O–H groups in total. The minimum absolute atomic E-state index is 0.155. The van der Waals surface area contributed by atoms with E-state index in [1.165, 1.54) is 5.56 Å². The van der Waals surface area contributed by atoms with E-state index >= 15 is 0 Å². The molecule has 108 valence electrons. The number of ketones is 1. The highest BCUT2D eigenvalue weighted by Gasteiger charge is 2.44. The van der Waals surface area contributed by atoms with Gasteiger partial charge in [0.15, 0.2) is 0 Å². The summed E-state index contributed by atoms with van der Waals surface area (Å²) in [7, 11) is 0. The van der Waals surface area contributed by atoms with Gasteiger partial charge in [0.25, 0.3) is 0 Å². The summed E-state index contributed by atoms with van der Waals surface area (Å²) in [4.78, 5) is 13.2. The molecule has 0 aromatic heterocycles. The topological polar surface area (TPSA) is 35.5 Å². The van der Waals surface area contributed by atoms with Gasteiger partial charge >= 0.3 is 0 Å². The van der Waals surface area contributed by atoms with Crippen LogP contribution in [0.2, 0.25) is 0 Å². The van der Waals surface area contributed by atoms with Gasteiger partial charge in [0.2, 0.25) is 0 Å². The van der Waals surface area contributed by atoms with Crippen molar-refractivity contribution in [3.05, 3.63) is 35.9 Å². The fraction of sp³-hybridized carbons (Fsp3) is 0.588. The predicted molar refractivity (Wildman–Crippen MR) is 76.7 cm³/mol. The van der Waals surface area contributed by atoms with Crippen LogP contribution < -0.4 is 0 Å². The van der Waals surface area contributed by atoms with E-state index in [0.717, 1.165) is 38.9 Å². The number of rotatable bonds is 3. The van der Waals surface area contributed by atoms with Crippen LogP contribution in [0, 0.1) is 5.92 Å². The maximum Gasteiger partial charge on any atom is 0.146 e. The third-order valence-corrected chi connectivity index (χ3v) is 4.74. The zero-order valence-electron chi connectivity index (χ0n) is 11.8. The molecule has 0 atom stereocenters. The Hall–Kier alpha value is -1.19. The molecule has 3 rings (SSSR count). The first kappa shape index (κ1) is 13.8. The molecule has 0 saturated carbocycles. The summed E-state index contributed by atoms with van der Waals surface area (Å²) < 4.78 is 10.9. The van der Waals surface area contributed by atoms with Gasteiger partial charge in [-0.1, -0.05) is 30.3 Å². The van der Waals surface area contributed by atoms with Crippen LogP contribution in [0.15, 0.2) is 30.3 Å². The zero-order valence-corrected chi connectivity index (χ0v) is 11.8. The molecule has 0 bridgehead atoms. The Balaban J connectivity index is 1.91. The zero-order chi connectivity index (χ0) is 13.8. The molecule has 1 aromatic rings. The van der Waals surface area contributed by atoms with Crippen LogP contribution in [0.4, 0.5) is 0 Å². The molecule has 2 aliphatic heterocycles. The smallest absolute Gasteiger partial charge is 0.146 e. The summed E-state index contributed by atoms with van der Waals surface area (Å²) in [5.41, 5.74) is 0.835. The lowest BCUT2D eigenvalue weighted by Crippen LogP contribution is -2.45. The molecule has 3 nitrogen and oxygen atoms in total. The quantitative estimate of drug-likeness (QED) is 0.850. The highest BCUT2D eigenvalue weighted by Crippen LogP contribution is 2.39. The van der Waals surface area contributed by atoms with E-state index < -0.39 is 0 Å². The molecular formula is C17H22O3. The summed E-state index contributed by atoms with van der Waals surface area (Å²) in [6, 6.07) is 10.3. The van der Waals surface area contributed by atoms with Gasteiger partial charge in [0.1, 0.15) is 5.78 Å². The van der Waals surface area contributed by atoms with Gasteiger partial charge in [0, 0.05) is 32.3 Å². The molecular weight excluding hydrogens is 252 g/mol. The monoisotopic (exact) mass is 274 g/mol. The number of hydrogen-bond acceptors (Lipinski definition) is 3. The van der Waals surface area contributed by atoms with Crippen LogP contribution in [0.3, 0.4) is 0 Å². The largest absolute Gasteiger partial charge is 0.381 e. The summed E-state index contributed by atoms with van der Waals surface area (Å²) in [5, 5.41) is 0. The highest BCUT2D eigenvalue weighted by molar-refractivity contribution is 5.92. The van der Waals surface area contributed by atoms with E-state index in [1.54, 1.807) is 0 Å². The minimum Gasteiger partial charge on any atom is -0.381 e. The van der Waals surface area contributed by atoms with Crippen molar-refractivity contribution in [2.24, 2.45) is 5.92 Å². The van der Waals surface area contributed by atoms with E-state index in [4.69, 9.17) is 9.47 Å². The second-order valence-electron chi connectivity index (χ2n) is 5.81. The molecule has 2 saturated heterocycles. The van der Waals surface area contributed by atoms with Crippen LogP contribution in [-0.4, -0.2) is 32.2 Å². The number of carbonyl (C=O) groups is 1. The summed E-state index contributed by atoms with van der Waals surface area (Å²) in [6.45, 7) is 2.81. The normalized spacial score (nSPS) is 23.4. The standard InChI is InChI=1S/C17H22O3/c18-16(14-6-10-19-11-7-14)17(8-12-20-13-9-17)15-4-2-1-3-5-15/h1-5,14H,6-13H2. The Morgan fingerprint density at radius 2 is 1.55 bits per heavy atom. The molecule has 0 aliphatic carbocycles. The van der Waals surface area contributed by atoms with Gasteiger partial charge in [-0.05, 0) is 31.2 Å². The van der Waals surface area contributed by atoms with Gasteiger partial charge < -0.3 is 9.47 Å². The lowest BCUT2D eigenvalue weighted by atomic mass is 9.66. The molecule has 2 heterocycles. The summed E-state index contributed by atoms with van der Waals surface area (Å²) in [5.74, 6) is 0.567. The van der Waals surface area contributed by atoms with Crippen LogP contribution in [0.5, 0.6) is 0 Å². The Labute approximate surface area is 120 Å². The lowest BCUT2D eigenvalue weighted by Gasteiger charge is -2.39. The third kappa shape index (κ3) is 2.52. The second-order valence-corrected chi connectivity index (χ2v) is 5.81. The Kier molecular flexibility index (Phi) is 4.18. The summed E-state index contributed by atoms with van der Waals surface area (Å²) >= 11 is 0. The number of ether oxygens (including phenoxy) is 2. The van der Waals surface area contributed by atoms with Crippen molar-refractivity contribution in [2.75, 3.05) is 26.4 Å². The van der Waals surface area contributed by atoms with Crippen LogP contribution in [-0.2, 0) is 19.7 Å². The number of benzene rings is 1. The van der Waals surface area contributed by atoms with Crippen LogP contribution in [0.1, 0.15) is 31.2 Å². The van der Waals surface area contributed by atoms with Crippen molar-refractivity contribution in [1.82, 2.24) is 0 Å². The first-order valence-corrected chi connectivity index (χ1v) is 7.58. The van der Waals surface area contributed by atoms with Gasteiger partial charge in [0.05, 0.1) is 5.41 Å². The van der Waals surface area contributed by atoms with Gasteiger partial charge in [-0.15, -0.1) is 0 Å². The Bertz CT molecular complexity index is 443. The van der Waals surface area contributed by atoms with Gasteiger partial charge in [-0.25, -0.2) is 0 Å². The molecule has 0 radical (unpaired) electrons. The SMILES string of the molecule is O=C(C1CCOCC1)C1(c2ccccc2)CCOCC1. The Morgan fingerprint density at radius 3 is 2.20 bits per heavy atom. The number of hydrogen-bond donors (Lipinski definition) is 0. The highest BCUT2D eigenvalue weighted by atomic mass is 16.5. The first-order valence-electron chi connectivity index (χ1n) is 7.58.